The van der Waals surface area contributed by atoms with Crippen LogP contribution in [0.2, 0.25) is 0 Å². The lowest BCUT2D eigenvalue weighted by atomic mass is 10.2. The summed E-state index contributed by atoms with van der Waals surface area (Å²) in [6.45, 7) is 10.5. The Bertz CT molecular complexity index is 706. The van der Waals surface area contributed by atoms with E-state index >= 15 is 0 Å². The maximum absolute atomic E-state index is 11.7. The molecule has 3 rings (SSSR count). The van der Waals surface area contributed by atoms with Crippen LogP contribution in [0, 0.1) is 5.92 Å². The predicted octanol–water partition coefficient (Wildman–Crippen LogP) is 1.41. The van der Waals surface area contributed by atoms with Crippen LogP contribution in [-0.2, 0) is 17.8 Å². The molecule has 1 fully saturated rings. The van der Waals surface area contributed by atoms with E-state index in [4.69, 9.17) is 0 Å². The average molecular weight is 371 g/mol. The van der Waals surface area contributed by atoms with E-state index in [1.165, 1.54) is 0 Å². The zero-order valence-electron chi connectivity index (χ0n) is 16.3. The van der Waals surface area contributed by atoms with Crippen molar-refractivity contribution in [2.24, 2.45) is 5.92 Å². The number of aromatic nitrogens is 3. The third kappa shape index (κ3) is 5.53. The van der Waals surface area contributed by atoms with Crippen molar-refractivity contribution in [3.63, 3.8) is 0 Å². The lowest BCUT2D eigenvalue weighted by Gasteiger charge is -2.35. The number of hydrogen-bond acceptors (Lipinski definition) is 5. The molecule has 0 saturated carbocycles. The molecule has 1 amide bonds. The summed E-state index contributed by atoms with van der Waals surface area (Å²) in [7, 11) is 0. The number of carbonyl (C=O) groups is 1. The van der Waals surface area contributed by atoms with E-state index < -0.39 is 0 Å². The molecule has 146 valence electrons. The van der Waals surface area contributed by atoms with Crippen molar-refractivity contribution in [2.75, 3.05) is 44.2 Å². The minimum Gasteiger partial charge on any atom is -0.355 e. The van der Waals surface area contributed by atoms with Gasteiger partial charge < -0.3 is 14.8 Å². The molecule has 0 spiro atoms. The lowest BCUT2D eigenvalue weighted by molar-refractivity contribution is -0.123. The highest BCUT2D eigenvalue weighted by molar-refractivity contribution is 5.77. The molecule has 1 aliphatic rings. The quantitative estimate of drug-likeness (QED) is 0.761. The van der Waals surface area contributed by atoms with Gasteiger partial charge in [0.2, 0.25) is 5.91 Å². The number of nitrogens with one attached hydrogen (secondary N) is 1. The van der Waals surface area contributed by atoms with Gasteiger partial charge in [0, 0.05) is 76.7 Å². The van der Waals surface area contributed by atoms with E-state index in [0.717, 1.165) is 57.3 Å². The van der Waals surface area contributed by atoms with Crippen molar-refractivity contribution in [1.29, 1.82) is 0 Å². The van der Waals surface area contributed by atoms with E-state index in [-0.39, 0.29) is 11.8 Å². The molecule has 3 heterocycles. The van der Waals surface area contributed by atoms with Gasteiger partial charge in [0.1, 0.15) is 11.6 Å². The van der Waals surface area contributed by atoms with Crippen molar-refractivity contribution in [1.82, 2.24) is 24.8 Å². The third-order valence-electron chi connectivity index (χ3n) is 4.98. The summed E-state index contributed by atoms with van der Waals surface area (Å²) in [6.07, 6.45) is 6.49. The molecule has 0 atom stereocenters. The molecule has 27 heavy (non-hydrogen) atoms. The molecular formula is C20H30N6O. The van der Waals surface area contributed by atoms with Crippen molar-refractivity contribution >= 4 is 11.7 Å². The van der Waals surface area contributed by atoms with Crippen LogP contribution < -0.4 is 10.2 Å². The second-order valence-corrected chi connectivity index (χ2v) is 7.25. The van der Waals surface area contributed by atoms with Gasteiger partial charge in [-0.05, 0) is 12.1 Å². The number of rotatable bonds is 8. The number of anilines is 1. The Hall–Kier alpha value is -2.41. The molecule has 0 unspecified atom stereocenters. The molecule has 7 heteroatoms. The molecule has 1 saturated heterocycles. The molecule has 0 radical (unpaired) electrons. The number of piperazine rings is 1. The van der Waals surface area contributed by atoms with E-state index in [2.05, 4.69) is 35.7 Å². The van der Waals surface area contributed by atoms with Gasteiger partial charge in [-0.1, -0.05) is 19.9 Å². The summed E-state index contributed by atoms with van der Waals surface area (Å²) in [4.78, 5) is 25.4. The molecule has 7 nitrogen and oxygen atoms in total. The van der Waals surface area contributed by atoms with Crippen LogP contribution in [0.3, 0.4) is 0 Å². The monoisotopic (exact) mass is 370 g/mol. The summed E-state index contributed by atoms with van der Waals surface area (Å²) in [5, 5.41) is 2.96. The maximum Gasteiger partial charge on any atom is 0.222 e. The van der Waals surface area contributed by atoms with Crippen LogP contribution in [0.1, 0.15) is 19.7 Å². The minimum absolute atomic E-state index is 0.0227. The average Bonchev–Trinajstić information content (AvgIpc) is 3.14. The summed E-state index contributed by atoms with van der Waals surface area (Å²) >= 11 is 0. The highest BCUT2D eigenvalue weighted by Crippen LogP contribution is 2.12. The van der Waals surface area contributed by atoms with Gasteiger partial charge in [-0.3, -0.25) is 9.69 Å². The first kappa shape index (κ1) is 19.4. The molecule has 1 aliphatic heterocycles. The first-order chi connectivity index (χ1) is 13.1. The normalized spacial score (nSPS) is 15.3. The van der Waals surface area contributed by atoms with Gasteiger partial charge in [0.25, 0.3) is 0 Å². The van der Waals surface area contributed by atoms with Crippen LogP contribution in [0.15, 0.2) is 36.8 Å². The second-order valence-electron chi connectivity index (χ2n) is 7.25. The fourth-order valence-corrected chi connectivity index (χ4v) is 3.26. The number of imidazole rings is 1. The fraction of sp³-hybridized carbons (Fsp3) is 0.550. The zero-order valence-corrected chi connectivity index (χ0v) is 16.3. The Morgan fingerprint density at radius 1 is 1.11 bits per heavy atom. The number of amides is 1. The lowest BCUT2D eigenvalue weighted by Crippen LogP contribution is -2.47. The van der Waals surface area contributed by atoms with Gasteiger partial charge in [0.05, 0.1) is 0 Å². The van der Waals surface area contributed by atoms with Crippen LogP contribution in [-0.4, -0.2) is 64.6 Å². The summed E-state index contributed by atoms with van der Waals surface area (Å²) < 4.78 is 2.20. The van der Waals surface area contributed by atoms with Crippen LogP contribution in [0.25, 0.3) is 0 Å². The molecule has 0 aliphatic carbocycles. The van der Waals surface area contributed by atoms with E-state index in [1.54, 1.807) is 0 Å². The van der Waals surface area contributed by atoms with Gasteiger partial charge in [-0.2, -0.15) is 0 Å². The molecule has 2 aromatic rings. The van der Waals surface area contributed by atoms with Gasteiger partial charge in [-0.25, -0.2) is 9.97 Å². The van der Waals surface area contributed by atoms with Gasteiger partial charge in [-0.15, -0.1) is 0 Å². The molecule has 1 N–H and O–H groups in total. The number of nitrogens with zero attached hydrogens (tertiary/aromatic N) is 5. The topological polar surface area (TPSA) is 66.3 Å². The van der Waals surface area contributed by atoms with Crippen LogP contribution >= 0.6 is 0 Å². The standard InChI is InChI=1S/C20H30N6O/c1-17(2)20(27)23-8-6-19-22-9-10-25(19)14-11-24-12-15-26(16-13-24)18-5-3-4-7-21-18/h3-5,7,9-10,17H,6,8,11-16H2,1-2H3,(H,23,27). The van der Waals surface area contributed by atoms with Crippen LogP contribution in [0.5, 0.6) is 0 Å². The largest absolute Gasteiger partial charge is 0.355 e. The van der Waals surface area contributed by atoms with Gasteiger partial charge in [0.15, 0.2) is 0 Å². The van der Waals surface area contributed by atoms with Crippen molar-refractivity contribution in [3.8, 4) is 0 Å². The van der Waals surface area contributed by atoms with Crippen LogP contribution in [0.4, 0.5) is 5.82 Å². The highest BCUT2D eigenvalue weighted by Gasteiger charge is 2.17. The Labute approximate surface area is 161 Å². The second kappa shape index (κ2) is 9.50. The number of pyridine rings is 1. The summed E-state index contributed by atoms with van der Waals surface area (Å²) in [5.41, 5.74) is 0. The zero-order chi connectivity index (χ0) is 19.1. The van der Waals surface area contributed by atoms with Gasteiger partial charge >= 0.3 is 0 Å². The Morgan fingerprint density at radius 3 is 2.63 bits per heavy atom. The first-order valence-electron chi connectivity index (χ1n) is 9.79. The highest BCUT2D eigenvalue weighted by atomic mass is 16.1. The van der Waals surface area contributed by atoms with Crippen molar-refractivity contribution in [2.45, 2.75) is 26.8 Å². The summed E-state index contributed by atoms with van der Waals surface area (Å²) in [5.74, 6) is 2.22. The Balaban J connectivity index is 1.41. The Kier molecular flexibility index (Phi) is 6.81. The van der Waals surface area contributed by atoms with E-state index in [1.807, 2.05) is 44.6 Å². The SMILES string of the molecule is CC(C)C(=O)NCCc1nccn1CCN1CCN(c2ccccn2)CC1. The minimum atomic E-state index is 0.0227. The van der Waals surface area contributed by atoms with Crippen molar-refractivity contribution < 1.29 is 4.79 Å². The summed E-state index contributed by atoms with van der Waals surface area (Å²) in [6, 6.07) is 6.07. The predicted molar refractivity (Wildman–Crippen MR) is 107 cm³/mol. The van der Waals surface area contributed by atoms with E-state index in [9.17, 15) is 4.79 Å². The molecule has 0 aromatic carbocycles. The smallest absolute Gasteiger partial charge is 0.222 e. The Morgan fingerprint density at radius 2 is 1.93 bits per heavy atom. The molecule has 0 bridgehead atoms. The first-order valence-corrected chi connectivity index (χ1v) is 9.79. The molecular weight excluding hydrogens is 340 g/mol. The third-order valence-corrected chi connectivity index (χ3v) is 4.98. The number of hydrogen-bond donors (Lipinski definition) is 1. The fourth-order valence-electron chi connectivity index (χ4n) is 3.26. The molecule has 2 aromatic heterocycles. The number of carbonyl (C=O) groups excluding carboxylic acids is 1. The van der Waals surface area contributed by atoms with Crippen molar-refractivity contribution in [3.05, 3.63) is 42.6 Å². The van der Waals surface area contributed by atoms with E-state index in [0.29, 0.717) is 6.54 Å². The maximum atomic E-state index is 11.7.